The average Bonchev–Trinajstić information content (AvgIpc) is 2.92. The van der Waals surface area contributed by atoms with Gasteiger partial charge in [-0.05, 0) is 26.4 Å². The first-order valence-corrected chi connectivity index (χ1v) is 7.72. The molecule has 2 aliphatic rings. The molecule has 0 aromatic heterocycles. The van der Waals surface area contributed by atoms with Crippen LogP contribution in [0.3, 0.4) is 0 Å². The lowest BCUT2D eigenvalue weighted by Gasteiger charge is -2.34. The zero-order valence-corrected chi connectivity index (χ0v) is 12.6. The highest BCUT2D eigenvalue weighted by molar-refractivity contribution is 5.78. The molecule has 0 radical (unpaired) electrons. The monoisotopic (exact) mass is 284 g/mol. The number of hydrogen-bond donors (Lipinski definition) is 2. The largest absolute Gasteiger partial charge is 0.395 e. The summed E-state index contributed by atoms with van der Waals surface area (Å²) in [5.74, 6) is 0.199. The fourth-order valence-electron chi connectivity index (χ4n) is 2.95. The number of aliphatic hydroxyl groups excluding tert-OH is 1. The Hall–Kier alpha value is -0.690. The van der Waals surface area contributed by atoms with E-state index in [1.54, 1.807) is 0 Å². The minimum absolute atomic E-state index is 0.114. The van der Waals surface area contributed by atoms with Gasteiger partial charge >= 0.3 is 0 Å². The van der Waals surface area contributed by atoms with Gasteiger partial charge in [0.05, 0.1) is 13.2 Å². The van der Waals surface area contributed by atoms with E-state index in [0.717, 1.165) is 39.3 Å². The number of amides is 1. The Kier molecular flexibility index (Phi) is 6.22. The second-order valence-corrected chi connectivity index (χ2v) is 5.94. The lowest BCUT2D eigenvalue weighted by Crippen LogP contribution is -2.51. The van der Waals surface area contributed by atoms with Crippen LogP contribution in [0.25, 0.3) is 0 Å². The van der Waals surface area contributed by atoms with Gasteiger partial charge in [0.15, 0.2) is 0 Å². The molecule has 0 aliphatic carbocycles. The third-order valence-electron chi connectivity index (χ3n) is 4.27. The second kappa shape index (κ2) is 7.93. The van der Waals surface area contributed by atoms with Crippen molar-refractivity contribution in [3.8, 4) is 0 Å². The molecule has 2 fully saturated rings. The van der Waals surface area contributed by atoms with Crippen LogP contribution in [0.15, 0.2) is 0 Å². The molecule has 6 heteroatoms. The Morgan fingerprint density at radius 1 is 1.35 bits per heavy atom. The van der Waals surface area contributed by atoms with Crippen molar-refractivity contribution < 1.29 is 9.90 Å². The minimum Gasteiger partial charge on any atom is -0.395 e. The average molecular weight is 284 g/mol. The van der Waals surface area contributed by atoms with Crippen LogP contribution in [0.1, 0.15) is 12.8 Å². The molecule has 2 heterocycles. The van der Waals surface area contributed by atoms with E-state index in [4.69, 9.17) is 0 Å². The third-order valence-corrected chi connectivity index (χ3v) is 4.27. The summed E-state index contributed by atoms with van der Waals surface area (Å²) in [6, 6.07) is 0.474. The van der Waals surface area contributed by atoms with Crippen molar-refractivity contribution in [2.75, 3.05) is 66.0 Å². The number of likely N-dealkylation sites (N-methyl/N-ethyl adjacent to an activating group) is 1. The van der Waals surface area contributed by atoms with Crippen LogP contribution in [0, 0.1) is 0 Å². The van der Waals surface area contributed by atoms with Gasteiger partial charge in [-0.3, -0.25) is 9.69 Å². The van der Waals surface area contributed by atoms with E-state index in [-0.39, 0.29) is 12.5 Å². The topological polar surface area (TPSA) is 59.0 Å². The summed E-state index contributed by atoms with van der Waals surface area (Å²) in [5.41, 5.74) is 0. The normalized spacial score (nSPS) is 24.6. The number of piperazine rings is 1. The Morgan fingerprint density at radius 2 is 2.10 bits per heavy atom. The zero-order chi connectivity index (χ0) is 14.4. The number of aliphatic hydroxyl groups is 1. The molecule has 2 rings (SSSR count). The van der Waals surface area contributed by atoms with Gasteiger partial charge in [0.1, 0.15) is 0 Å². The summed E-state index contributed by atoms with van der Waals surface area (Å²) in [4.78, 5) is 18.6. The smallest absolute Gasteiger partial charge is 0.236 e. The van der Waals surface area contributed by atoms with Crippen LogP contribution < -0.4 is 5.32 Å². The minimum atomic E-state index is 0.114. The molecule has 6 nitrogen and oxygen atoms in total. The van der Waals surface area contributed by atoms with Crippen molar-refractivity contribution in [3.05, 3.63) is 0 Å². The van der Waals surface area contributed by atoms with Crippen LogP contribution in [0.2, 0.25) is 0 Å². The number of carbonyl (C=O) groups is 1. The fourth-order valence-corrected chi connectivity index (χ4v) is 2.95. The molecule has 2 N–H and O–H groups in total. The first kappa shape index (κ1) is 15.7. The lowest BCUT2D eigenvalue weighted by atomic mass is 10.2. The predicted molar refractivity (Wildman–Crippen MR) is 78.6 cm³/mol. The number of hydrogen-bond acceptors (Lipinski definition) is 5. The van der Waals surface area contributed by atoms with Gasteiger partial charge in [0.25, 0.3) is 0 Å². The zero-order valence-electron chi connectivity index (χ0n) is 12.6. The Labute approximate surface area is 121 Å². The number of rotatable bonds is 6. The predicted octanol–water partition coefficient (Wildman–Crippen LogP) is -1.19. The summed E-state index contributed by atoms with van der Waals surface area (Å²) in [5, 5.41) is 12.6. The standard InChI is InChI=1S/C14H28N4O2/c1-16-5-7-18(8-6-16)14(20)12-17(9-10-19)11-13-3-2-4-15-13/h13,15,19H,2-12H2,1H3. The molecule has 20 heavy (non-hydrogen) atoms. The molecule has 0 saturated carbocycles. The van der Waals surface area contributed by atoms with E-state index >= 15 is 0 Å². The van der Waals surface area contributed by atoms with E-state index < -0.39 is 0 Å². The van der Waals surface area contributed by atoms with E-state index in [1.807, 2.05) is 4.90 Å². The van der Waals surface area contributed by atoms with Crippen molar-refractivity contribution in [3.63, 3.8) is 0 Å². The molecule has 0 bridgehead atoms. The Morgan fingerprint density at radius 3 is 2.70 bits per heavy atom. The molecule has 116 valence electrons. The van der Waals surface area contributed by atoms with Crippen molar-refractivity contribution >= 4 is 5.91 Å². The van der Waals surface area contributed by atoms with Crippen molar-refractivity contribution in [2.24, 2.45) is 0 Å². The van der Waals surface area contributed by atoms with Crippen LogP contribution in [0.5, 0.6) is 0 Å². The highest BCUT2D eigenvalue weighted by Crippen LogP contribution is 2.08. The van der Waals surface area contributed by atoms with Crippen LogP contribution in [-0.2, 0) is 4.79 Å². The van der Waals surface area contributed by atoms with Gasteiger partial charge in [-0.15, -0.1) is 0 Å². The van der Waals surface area contributed by atoms with Crippen molar-refractivity contribution in [1.82, 2.24) is 20.0 Å². The molecular formula is C14H28N4O2. The van der Waals surface area contributed by atoms with Gasteiger partial charge in [-0.1, -0.05) is 0 Å². The fraction of sp³-hybridized carbons (Fsp3) is 0.929. The third kappa shape index (κ3) is 4.70. The maximum Gasteiger partial charge on any atom is 0.236 e. The van der Waals surface area contributed by atoms with Gasteiger partial charge in [-0.25, -0.2) is 0 Å². The van der Waals surface area contributed by atoms with Crippen molar-refractivity contribution in [1.29, 1.82) is 0 Å². The van der Waals surface area contributed by atoms with Crippen LogP contribution >= 0.6 is 0 Å². The second-order valence-electron chi connectivity index (χ2n) is 5.94. The number of carbonyl (C=O) groups excluding carboxylic acids is 1. The van der Waals surface area contributed by atoms with E-state index in [2.05, 4.69) is 22.2 Å². The molecule has 2 saturated heterocycles. The highest BCUT2D eigenvalue weighted by Gasteiger charge is 2.23. The molecule has 2 aliphatic heterocycles. The highest BCUT2D eigenvalue weighted by atomic mass is 16.3. The van der Waals surface area contributed by atoms with E-state index in [0.29, 0.717) is 19.1 Å². The maximum atomic E-state index is 12.3. The first-order valence-electron chi connectivity index (χ1n) is 7.72. The van der Waals surface area contributed by atoms with Crippen molar-refractivity contribution in [2.45, 2.75) is 18.9 Å². The summed E-state index contributed by atoms with van der Waals surface area (Å²) in [6.45, 7) is 6.62. The quantitative estimate of drug-likeness (QED) is 0.642. The molecule has 0 spiro atoms. The molecular weight excluding hydrogens is 256 g/mol. The molecule has 0 aromatic rings. The SMILES string of the molecule is CN1CCN(C(=O)CN(CCO)CC2CCCN2)CC1. The van der Waals surface area contributed by atoms with Crippen LogP contribution in [0.4, 0.5) is 0 Å². The van der Waals surface area contributed by atoms with Crippen LogP contribution in [-0.4, -0.2) is 97.8 Å². The molecule has 0 aromatic carbocycles. The Balaban J connectivity index is 1.78. The van der Waals surface area contributed by atoms with Gasteiger partial charge in [-0.2, -0.15) is 0 Å². The summed E-state index contributed by atoms with van der Waals surface area (Å²) >= 11 is 0. The number of nitrogens with zero attached hydrogens (tertiary/aromatic N) is 3. The maximum absolute atomic E-state index is 12.3. The van der Waals surface area contributed by atoms with E-state index in [9.17, 15) is 9.90 Å². The summed E-state index contributed by atoms with van der Waals surface area (Å²) in [7, 11) is 2.09. The molecule has 1 amide bonds. The first-order chi connectivity index (χ1) is 9.69. The van der Waals surface area contributed by atoms with Gasteiger partial charge in [0.2, 0.25) is 5.91 Å². The Bertz CT molecular complexity index is 300. The summed E-state index contributed by atoms with van der Waals surface area (Å²) in [6.07, 6.45) is 2.38. The van der Waals surface area contributed by atoms with Gasteiger partial charge < -0.3 is 20.2 Å². The molecule has 1 atom stereocenters. The summed E-state index contributed by atoms with van der Waals surface area (Å²) < 4.78 is 0. The lowest BCUT2D eigenvalue weighted by molar-refractivity contribution is -0.134. The number of nitrogens with one attached hydrogen (secondary N) is 1. The van der Waals surface area contributed by atoms with E-state index in [1.165, 1.54) is 12.8 Å². The van der Waals surface area contributed by atoms with Gasteiger partial charge in [0, 0.05) is 45.3 Å². The molecule has 1 unspecified atom stereocenters.